The predicted molar refractivity (Wildman–Crippen MR) is 138 cm³/mol. The van der Waals surface area contributed by atoms with E-state index in [0.29, 0.717) is 37.5 Å². The molecule has 0 fully saturated rings. The van der Waals surface area contributed by atoms with Crippen LogP contribution in [0.3, 0.4) is 0 Å². The Labute approximate surface area is 211 Å². The smallest absolute Gasteiger partial charge is 0.348 e. The zero-order valence-electron chi connectivity index (χ0n) is 20.0. The molecule has 0 spiro atoms. The molecule has 4 rings (SSSR count). The van der Waals surface area contributed by atoms with Crippen LogP contribution in [0.2, 0.25) is 0 Å². The third kappa shape index (κ3) is 5.36. The first-order chi connectivity index (χ1) is 17.4. The van der Waals surface area contributed by atoms with Crippen LogP contribution >= 0.6 is 11.3 Å². The maximum absolute atomic E-state index is 13.1. The van der Waals surface area contributed by atoms with Gasteiger partial charge in [-0.2, -0.15) is 0 Å². The number of carbonyl (C=O) groups is 2. The Balaban J connectivity index is 1.62. The summed E-state index contributed by atoms with van der Waals surface area (Å²) in [5.41, 5.74) is 1.88. The number of benzene rings is 2. The highest BCUT2D eigenvalue weighted by molar-refractivity contribution is 7.20. The lowest BCUT2D eigenvalue weighted by molar-refractivity contribution is -0.138. The molecule has 0 saturated carbocycles. The summed E-state index contributed by atoms with van der Waals surface area (Å²) in [6, 6.07) is 16.4. The molecule has 0 radical (unpaired) electrons. The van der Waals surface area contributed by atoms with E-state index >= 15 is 0 Å². The Bertz CT molecular complexity index is 1500. The average Bonchev–Trinajstić information content (AvgIpc) is 3.23. The Kier molecular flexibility index (Phi) is 7.60. The van der Waals surface area contributed by atoms with Gasteiger partial charge in [-0.15, -0.1) is 11.3 Å². The van der Waals surface area contributed by atoms with Gasteiger partial charge in [0.15, 0.2) is 0 Å². The topological polar surface area (TPSA) is 108 Å². The van der Waals surface area contributed by atoms with Gasteiger partial charge in [0.2, 0.25) is 0 Å². The van der Waals surface area contributed by atoms with Gasteiger partial charge in [-0.05, 0) is 48.7 Å². The highest BCUT2D eigenvalue weighted by atomic mass is 32.1. The first-order valence-corrected chi connectivity index (χ1v) is 12.0. The number of nitrogens with one attached hydrogen (secondary N) is 1. The Morgan fingerprint density at radius 1 is 1.08 bits per heavy atom. The molecule has 2 heterocycles. The Hall–Kier alpha value is -4.24. The van der Waals surface area contributed by atoms with E-state index in [0.717, 1.165) is 16.9 Å². The van der Waals surface area contributed by atoms with E-state index in [1.165, 1.54) is 0 Å². The normalized spacial score (nSPS) is 11.4. The number of methoxy groups -OCH3 is 1. The monoisotopic (exact) mass is 504 g/mol. The summed E-state index contributed by atoms with van der Waals surface area (Å²) >= 11 is 1.07. The van der Waals surface area contributed by atoms with Crippen LogP contribution in [-0.2, 0) is 20.9 Å². The van der Waals surface area contributed by atoms with E-state index in [9.17, 15) is 14.4 Å². The molecule has 0 amide bonds. The molecular formula is C27H24N2O6S. The van der Waals surface area contributed by atoms with Crippen LogP contribution in [0, 0.1) is 6.92 Å². The van der Waals surface area contributed by atoms with Gasteiger partial charge >= 0.3 is 11.9 Å². The maximum Gasteiger partial charge on any atom is 0.348 e. The van der Waals surface area contributed by atoms with Crippen molar-refractivity contribution in [1.82, 2.24) is 9.97 Å². The van der Waals surface area contributed by atoms with Crippen molar-refractivity contribution in [3.05, 3.63) is 92.3 Å². The largest absolute Gasteiger partial charge is 0.497 e. The minimum Gasteiger partial charge on any atom is -0.497 e. The molecule has 8 nitrogen and oxygen atoms in total. The average molecular weight is 505 g/mol. The van der Waals surface area contributed by atoms with E-state index < -0.39 is 17.5 Å². The van der Waals surface area contributed by atoms with Crippen molar-refractivity contribution in [2.45, 2.75) is 20.5 Å². The van der Waals surface area contributed by atoms with Crippen LogP contribution in [0.15, 0.2) is 59.4 Å². The summed E-state index contributed by atoms with van der Waals surface area (Å²) in [5.74, 6) is -0.249. The third-order valence-corrected chi connectivity index (χ3v) is 6.53. The minimum absolute atomic E-state index is 0.173. The molecule has 0 atom stereocenters. The van der Waals surface area contributed by atoms with Crippen LogP contribution in [0.25, 0.3) is 21.9 Å². The van der Waals surface area contributed by atoms with E-state index in [2.05, 4.69) is 9.97 Å². The zero-order valence-corrected chi connectivity index (χ0v) is 20.8. The minimum atomic E-state index is -0.582. The van der Waals surface area contributed by atoms with Crippen molar-refractivity contribution in [2.75, 3.05) is 13.7 Å². The number of nitrogens with zero attached hydrogens (tertiary/aromatic N) is 1. The molecule has 0 bridgehead atoms. The molecule has 0 aliphatic carbocycles. The van der Waals surface area contributed by atoms with Gasteiger partial charge in [-0.3, -0.25) is 4.79 Å². The zero-order chi connectivity index (χ0) is 25.7. The molecule has 0 unspecified atom stereocenters. The van der Waals surface area contributed by atoms with E-state index in [1.807, 2.05) is 54.6 Å². The molecule has 184 valence electrons. The molecule has 0 saturated heterocycles. The lowest BCUT2D eigenvalue weighted by Gasteiger charge is -2.09. The number of carbonyl (C=O) groups excluding carboxylic acids is 2. The van der Waals surface area contributed by atoms with Crippen LogP contribution in [0.5, 0.6) is 5.75 Å². The number of hydrogen-bond donors (Lipinski definition) is 1. The lowest BCUT2D eigenvalue weighted by atomic mass is 10.0. The van der Waals surface area contributed by atoms with Gasteiger partial charge in [0.25, 0.3) is 5.56 Å². The maximum atomic E-state index is 13.1. The van der Waals surface area contributed by atoms with E-state index in [4.69, 9.17) is 14.2 Å². The molecule has 2 aromatic carbocycles. The lowest BCUT2D eigenvalue weighted by Crippen LogP contribution is -2.15. The fourth-order valence-corrected chi connectivity index (χ4v) is 4.73. The summed E-state index contributed by atoms with van der Waals surface area (Å²) in [6.07, 6.45) is 1.72. The second-order valence-electron chi connectivity index (χ2n) is 7.75. The first-order valence-electron chi connectivity index (χ1n) is 11.2. The molecule has 1 N–H and O–H groups in total. The molecule has 4 aromatic rings. The number of fused-ring (bicyclic) bond motifs is 1. The fraction of sp³-hybridized carbons (Fsp3) is 0.185. The quantitative estimate of drug-likeness (QED) is 0.209. The third-order valence-electron chi connectivity index (χ3n) is 5.36. The van der Waals surface area contributed by atoms with Crippen molar-refractivity contribution in [3.63, 3.8) is 0 Å². The highest BCUT2D eigenvalue weighted by Gasteiger charge is 2.21. The number of rotatable bonds is 8. The van der Waals surface area contributed by atoms with Gasteiger partial charge in [0.1, 0.15) is 27.9 Å². The van der Waals surface area contributed by atoms with Crippen molar-refractivity contribution in [2.24, 2.45) is 0 Å². The van der Waals surface area contributed by atoms with Gasteiger partial charge in [-0.25, -0.2) is 14.6 Å². The summed E-state index contributed by atoms with van der Waals surface area (Å²) in [7, 11) is 1.57. The van der Waals surface area contributed by atoms with Crippen LogP contribution in [0.1, 0.15) is 39.1 Å². The molecule has 2 aromatic heterocycles. The number of hydrogen-bond acceptors (Lipinski definition) is 8. The number of aromatic amines is 1. The molecule has 36 heavy (non-hydrogen) atoms. The Morgan fingerprint density at radius 3 is 2.58 bits per heavy atom. The fourth-order valence-electron chi connectivity index (χ4n) is 3.64. The first kappa shape index (κ1) is 24.9. The number of H-pyrrole nitrogens is 1. The van der Waals surface area contributed by atoms with Crippen molar-refractivity contribution >= 4 is 45.1 Å². The summed E-state index contributed by atoms with van der Waals surface area (Å²) in [4.78, 5) is 45.8. The number of esters is 2. The van der Waals surface area contributed by atoms with Crippen LogP contribution < -0.4 is 10.3 Å². The summed E-state index contributed by atoms with van der Waals surface area (Å²) in [6.45, 7) is 3.37. The van der Waals surface area contributed by atoms with Gasteiger partial charge < -0.3 is 19.2 Å². The van der Waals surface area contributed by atoms with E-state index in [-0.39, 0.29) is 19.0 Å². The highest BCUT2D eigenvalue weighted by Crippen LogP contribution is 2.28. The van der Waals surface area contributed by atoms with Gasteiger partial charge in [-0.1, -0.05) is 42.5 Å². The molecular weight excluding hydrogens is 480 g/mol. The molecule has 0 aliphatic rings. The predicted octanol–water partition coefficient (Wildman–Crippen LogP) is 4.76. The van der Waals surface area contributed by atoms with Gasteiger partial charge in [0, 0.05) is 0 Å². The van der Waals surface area contributed by atoms with Crippen LogP contribution in [-0.4, -0.2) is 35.6 Å². The molecule has 0 aliphatic heterocycles. The number of aryl methyl sites for hydroxylation is 1. The number of ether oxygens (including phenoxy) is 3. The van der Waals surface area contributed by atoms with Crippen molar-refractivity contribution in [3.8, 4) is 5.75 Å². The van der Waals surface area contributed by atoms with E-state index in [1.54, 1.807) is 27.0 Å². The SMILES string of the molecule is CCOC(=O)c1sc2nc(COC(=O)C(=Cc3cccc(OC)c3)c3ccccc3)[nH]c(=O)c2c1C. The molecule has 9 heteroatoms. The van der Waals surface area contributed by atoms with Crippen molar-refractivity contribution in [1.29, 1.82) is 0 Å². The second-order valence-corrected chi connectivity index (χ2v) is 8.75. The second kappa shape index (κ2) is 11.0. The number of aromatic nitrogens is 2. The summed E-state index contributed by atoms with van der Waals surface area (Å²) in [5, 5.41) is 0.320. The van der Waals surface area contributed by atoms with Crippen molar-refractivity contribution < 1.29 is 23.8 Å². The Morgan fingerprint density at radius 2 is 1.86 bits per heavy atom. The summed E-state index contributed by atoms with van der Waals surface area (Å²) < 4.78 is 15.9. The van der Waals surface area contributed by atoms with Crippen LogP contribution in [0.4, 0.5) is 0 Å². The van der Waals surface area contributed by atoms with Gasteiger partial charge in [0.05, 0.1) is 24.7 Å². The number of thiophene rings is 1. The standard InChI is InChI=1S/C27H24N2O6S/c1-4-34-27(32)23-16(2)22-24(30)28-21(29-25(22)36-23)15-35-26(31)20(18-10-6-5-7-11-18)14-17-9-8-12-19(13-17)33-3/h5-14H,4,15H2,1-3H3,(H,28,29,30).